The lowest BCUT2D eigenvalue weighted by molar-refractivity contribution is -0.148. The normalized spacial score (nSPS) is 20.9. The van der Waals surface area contributed by atoms with E-state index in [1.165, 1.54) is 0 Å². The van der Waals surface area contributed by atoms with Gasteiger partial charge in [0.1, 0.15) is 6.10 Å². The summed E-state index contributed by atoms with van der Waals surface area (Å²) >= 11 is 9.39. The van der Waals surface area contributed by atoms with Crippen LogP contribution in [0.4, 0.5) is 0 Å². The zero-order chi connectivity index (χ0) is 10.8. The second-order valence-corrected chi connectivity index (χ2v) is 10.2. The van der Waals surface area contributed by atoms with Crippen LogP contribution in [0.1, 0.15) is 12.8 Å². The Morgan fingerprint density at radius 3 is 2.29 bits per heavy atom. The summed E-state index contributed by atoms with van der Waals surface area (Å²) in [5, 5.41) is 0. The van der Waals surface area contributed by atoms with Crippen molar-refractivity contribution in [2.45, 2.75) is 21.1 Å². The van der Waals surface area contributed by atoms with Gasteiger partial charge < -0.3 is 9.64 Å². The third kappa shape index (κ3) is 4.16. The van der Waals surface area contributed by atoms with Crippen molar-refractivity contribution in [2.75, 3.05) is 20.1 Å². The van der Waals surface area contributed by atoms with Gasteiger partial charge in [0.15, 0.2) is 0 Å². The Morgan fingerprint density at radius 2 is 1.86 bits per heavy atom. The van der Waals surface area contributed by atoms with Crippen LogP contribution in [0.5, 0.6) is 0 Å². The van der Waals surface area contributed by atoms with Gasteiger partial charge in [-0.2, -0.15) is 0 Å². The van der Waals surface area contributed by atoms with Gasteiger partial charge in [0.25, 0.3) is 0 Å². The van der Waals surface area contributed by atoms with Crippen molar-refractivity contribution in [1.29, 1.82) is 0 Å². The minimum absolute atomic E-state index is 0.0470. The molecule has 1 fully saturated rings. The zero-order valence-corrected chi connectivity index (χ0v) is 12.6. The maximum Gasteiger partial charge on any atom is 0.345 e. The number of esters is 1. The molecular formula is C8H12Br3NO2. The van der Waals surface area contributed by atoms with Crippen molar-refractivity contribution in [3.05, 3.63) is 0 Å². The molecule has 1 aliphatic rings. The van der Waals surface area contributed by atoms with Crippen molar-refractivity contribution < 1.29 is 9.53 Å². The standard InChI is InChI=1S/C8H12Br3NO2/c1-12-4-2-6(3-5-12)14-7(13)8(9,10)11/h6H,2-5H2,1H3. The predicted octanol–water partition coefficient (Wildman–Crippen LogP) is 2.46. The molecule has 1 rings (SSSR count). The largest absolute Gasteiger partial charge is 0.460 e. The Kier molecular flexibility index (Phi) is 4.87. The molecule has 0 amide bonds. The molecule has 14 heavy (non-hydrogen) atoms. The molecule has 0 spiro atoms. The fourth-order valence-corrected chi connectivity index (χ4v) is 1.60. The second-order valence-electron chi connectivity index (χ2n) is 3.41. The van der Waals surface area contributed by atoms with Crippen LogP contribution in [0.25, 0.3) is 0 Å². The number of alkyl halides is 3. The van der Waals surface area contributed by atoms with Crippen molar-refractivity contribution in [3.8, 4) is 0 Å². The number of carbonyl (C=O) groups excluding carboxylic acids is 1. The fourth-order valence-electron chi connectivity index (χ4n) is 1.32. The zero-order valence-electron chi connectivity index (χ0n) is 7.80. The minimum Gasteiger partial charge on any atom is -0.460 e. The molecular weight excluding hydrogens is 382 g/mol. The van der Waals surface area contributed by atoms with Gasteiger partial charge in [0.2, 0.25) is 2.14 Å². The number of nitrogens with zero attached hydrogens (tertiary/aromatic N) is 1. The lowest BCUT2D eigenvalue weighted by Gasteiger charge is -2.29. The van der Waals surface area contributed by atoms with Gasteiger partial charge in [-0.25, -0.2) is 4.79 Å². The monoisotopic (exact) mass is 391 g/mol. The van der Waals surface area contributed by atoms with Crippen LogP contribution in [-0.4, -0.2) is 39.3 Å². The van der Waals surface area contributed by atoms with Crippen LogP contribution in [0.2, 0.25) is 0 Å². The van der Waals surface area contributed by atoms with E-state index in [0.717, 1.165) is 25.9 Å². The summed E-state index contributed by atoms with van der Waals surface area (Å²) in [5.74, 6) is -0.327. The van der Waals surface area contributed by atoms with Gasteiger partial charge in [-0.15, -0.1) is 0 Å². The Hall–Kier alpha value is 0.870. The first-order chi connectivity index (χ1) is 6.39. The number of carbonyl (C=O) groups is 1. The van der Waals surface area contributed by atoms with E-state index < -0.39 is 2.14 Å². The topological polar surface area (TPSA) is 29.5 Å². The molecule has 6 heteroatoms. The number of halogens is 3. The molecule has 82 valence electrons. The van der Waals surface area contributed by atoms with E-state index in [1.807, 2.05) is 0 Å². The number of likely N-dealkylation sites (tertiary alicyclic amines) is 1. The predicted molar refractivity (Wildman–Crippen MR) is 66.1 cm³/mol. The third-order valence-corrected chi connectivity index (χ3v) is 3.14. The summed E-state index contributed by atoms with van der Waals surface area (Å²) < 4.78 is 4.36. The molecule has 1 heterocycles. The smallest absolute Gasteiger partial charge is 0.345 e. The van der Waals surface area contributed by atoms with E-state index in [1.54, 1.807) is 0 Å². The highest BCUT2D eigenvalue weighted by Gasteiger charge is 2.33. The van der Waals surface area contributed by atoms with Crippen LogP contribution < -0.4 is 0 Å². The molecule has 0 N–H and O–H groups in total. The molecule has 0 aromatic rings. The number of ether oxygens (including phenoxy) is 1. The Bertz CT molecular complexity index is 209. The maximum atomic E-state index is 11.4. The molecule has 0 unspecified atom stereocenters. The minimum atomic E-state index is -0.934. The van der Waals surface area contributed by atoms with Gasteiger partial charge in [-0.3, -0.25) is 0 Å². The summed E-state index contributed by atoms with van der Waals surface area (Å²) in [6.45, 7) is 1.97. The first kappa shape index (κ1) is 12.9. The number of rotatable bonds is 1. The summed E-state index contributed by atoms with van der Waals surface area (Å²) in [4.78, 5) is 13.7. The number of piperidine rings is 1. The van der Waals surface area contributed by atoms with Crippen molar-refractivity contribution >= 4 is 53.8 Å². The van der Waals surface area contributed by atoms with Crippen LogP contribution in [-0.2, 0) is 9.53 Å². The Balaban J connectivity index is 2.35. The fraction of sp³-hybridized carbons (Fsp3) is 0.875. The average molecular weight is 394 g/mol. The number of hydrogen-bond acceptors (Lipinski definition) is 3. The summed E-state index contributed by atoms with van der Waals surface area (Å²) in [7, 11) is 2.07. The van der Waals surface area contributed by atoms with E-state index >= 15 is 0 Å². The number of hydrogen-bond donors (Lipinski definition) is 0. The molecule has 0 aliphatic carbocycles. The highest BCUT2D eigenvalue weighted by Crippen LogP contribution is 2.35. The molecule has 3 nitrogen and oxygen atoms in total. The molecule has 1 aliphatic heterocycles. The van der Waals surface area contributed by atoms with Crippen molar-refractivity contribution in [3.63, 3.8) is 0 Å². The van der Waals surface area contributed by atoms with E-state index in [9.17, 15) is 4.79 Å². The van der Waals surface area contributed by atoms with Crippen LogP contribution in [0.15, 0.2) is 0 Å². The SMILES string of the molecule is CN1CCC(OC(=O)C(Br)(Br)Br)CC1. The van der Waals surface area contributed by atoms with Crippen molar-refractivity contribution in [2.24, 2.45) is 0 Å². The average Bonchev–Trinajstić information content (AvgIpc) is 2.07. The molecule has 0 bridgehead atoms. The molecule has 0 saturated carbocycles. The highest BCUT2D eigenvalue weighted by atomic mass is 80.0. The highest BCUT2D eigenvalue weighted by molar-refractivity contribution is 9.40. The van der Waals surface area contributed by atoms with Crippen LogP contribution >= 0.6 is 47.8 Å². The molecule has 1 saturated heterocycles. The van der Waals surface area contributed by atoms with Gasteiger partial charge in [-0.05, 0) is 67.7 Å². The Morgan fingerprint density at radius 1 is 1.36 bits per heavy atom. The molecule has 0 atom stereocenters. The molecule has 0 radical (unpaired) electrons. The molecule has 0 aromatic heterocycles. The quantitative estimate of drug-likeness (QED) is 0.506. The lowest BCUT2D eigenvalue weighted by atomic mass is 10.1. The van der Waals surface area contributed by atoms with Crippen LogP contribution in [0, 0.1) is 0 Å². The van der Waals surface area contributed by atoms with Gasteiger partial charge in [0, 0.05) is 13.1 Å². The van der Waals surface area contributed by atoms with E-state index in [4.69, 9.17) is 4.74 Å². The Labute approximate surface area is 109 Å². The third-order valence-electron chi connectivity index (χ3n) is 2.17. The van der Waals surface area contributed by atoms with Gasteiger partial charge in [0.05, 0.1) is 0 Å². The van der Waals surface area contributed by atoms with E-state index in [-0.39, 0.29) is 12.1 Å². The second kappa shape index (κ2) is 5.27. The lowest BCUT2D eigenvalue weighted by Crippen LogP contribution is -2.37. The van der Waals surface area contributed by atoms with E-state index in [0.29, 0.717) is 0 Å². The molecule has 0 aromatic carbocycles. The van der Waals surface area contributed by atoms with Gasteiger partial charge in [-0.1, -0.05) is 0 Å². The first-order valence-electron chi connectivity index (χ1n) is 4.36. The summed E-state index contributed by atoms with van der Waals surface area (Å²) in [6, 6.07) is 0. The van der Waals surface area contributed by atoms with Crippen molar-refractivity contribution in [1.82, 2.24) is 4.90 Å². The van der Waals surface area contributed by atoms with Gasteiger partial charge >= 0.3 is 5.97 Å². The first-order valence-corrected chi connectivity index (χ1v) is 6.74. The summed E-state index contributed by atoms with van der Waals surface area (Å²) in [5.41, 5.74) is 0. The van der Waals surface area contributed by atoms with E-state index in [2.05, 4.69) is 59.7 Å². The maximum absolute atomic E-state index is 11.4. The summed E-state index contributed by atoms with van der Waals surface area (Å²) in [6.07, 6.45) is 1.86. The van der Waals surface area contributed by atoms with Crippen LogP contribution in [0.3, 0.4) is 0 Å².